The molecule has 25 heavy (non-hydrogen) atoms. The van der Waals surface area contributed by atoms with Crippen LogP contribution in [0.5, 0.6) is 0 Å². The summed E-state index contributed by atoms with van der Waals surface area (Å²) in [6.07, 6.45) is 1.21. The molecule has 2 rings (SSSR count). The van der Waals surface area contributed by atoms with Crippen LogP contribution in [0.4, 0.5) is 0 Å². The lowest BCUT2D eigenvalue weighted by Crippen LogP contribution is -2.38. The van der Waals surface area contributed by atoms with Crippen molar-refractivity contribution in [1.82, 2.24) is 4.90 Å². The van der Waals surface area contributed by atoms with Crippen LogP contribution < -0.4 is 0 Å². The van der Waals surface area contributed by atoms with E-state index in [0.29, 0.717) is 13.1 Å². The second-order valence-corrected chi connectivity index (χ2v) is 7.52. The number of rotatable bonds is 9. The van der Waals surface area contributed by atoms with Gasteiger partial charge in [-0.25, -0.2) is 0 Å². The molecule has 6 heteroatoms. The first-order valence-corrected chi connectivity index (χ1v) is 9.83. The summed E-state index contributed by atoms with van der Waals surface area (Å²) < 4.78 is 27.7. The van der Waals surface area contributed by atoms with Crippen molar-refractivity contribution in [3.8, 4) is 6.07 Å². The Labute approximate surface area is 149 Å². The van der Waals surface area contributed by atoms with E-state index >= 15 is 0 Å². The summed E-state index contributed by atoms with van der Waals surface area (Å²) in [5, 5.41) is 9.17. The smallest absolute Gasteiger partial charge is 0.264 e. The molecule has 2 aromatic rings. The number of hydrogen-bond donors (Lipinski definition) is 0. The molecule has 2 aromatic carbocycles. The van der Waals surface area contributed by atoms with Crippen molar-refractivity contribution in [3.63, 3.8) is 0 Å². The molecule has 132 valence electrons. The van der Waals surface area contributed by atoms with Gasteiger partial charge < -0.3 is 0 Å². The highest BCUT2D eigenvalue weighted by atomic mass is 32.2. The molecule has 1 atom stereocenters. The van der Waals surface area contributed by atoms with Crippen LogP contribution in [-0.2, 0) is 27.4 Å². The summed E-state index contributed by atoms with van der Waals surface area (Å²) in [6.45, 7) is 1.18. The van der Waals surface area contributed by atoms with Gasteiger partial charge in [-0.3, -0.25) is 9.08 Å². The van der Waals surface area contributed by atoms with E-state index in [1.54, 1.807) is 0 Å². The van der Waals surface area contributed by atoms with Crippen LogP contribution in [0.3, 0.4) is 0 Å². The van der Waals surface area contributed by atoms with Gasteiger partial charge >= 0.3 is 0 Å². The number of nitrogens with zero attached hydrogens (tertiary/aromatic N) is 2. The van der Waals surface area contributed by atoms with Crippen molar-refractivity contribution < 1.29 is 12.6 Å². The molecule has 0 saturated carbocycles. The van der Waals surface area contributed by atoms with Gasteiger partial charge in [-0.2, -0.15) is 13.7 Å². The van der Waals surface area contributed by atoms with Crippen LogP contribution in [0, 0.1) is 11.3 Å². The van der Waals surface area contributed by atoms with E-state index in [-0.39, 0.29) is 19.1 Å². The first-order chi connectivity index (χ1) is 12.0. The molecular weight excluding hydrogens is 336 g/mol. The Hall–Kier alpha value is -2.20. The van der Waals surface area contributed by atoms with Gasteiger partial charge in [0.1, 0.15) is 0 Å². The molecule has 0 aliphatic rings. The fraction of sp³-hybridized carbons (Fsp3) is 0.316. The molecule has 0 N–H and O–H groups in total. The van der Waals surface area contributed by atoms with Gasteiger partial charge in [-0.15, -0.1) is 0 Å². The van der Waals surface area contributed by atoms with Crippen LogP contribution >= 0.6 is 0 Å². The van der Waals surface area contributed by atoms with E-state index in [4.69, 9.17) is 9.44 Å². The van der Waals surface area contributed by atoms with Gasteiger partial charge in [0.25, 0.3) is 10.1 Å². The number of hydrogen-bond acceptors (Lipinski definition) is 5. The van der Waals surface area contributed by atoms with E-state index in [2.05, 4.69) is 11.0 Å². The van der Waals surface area contributed by atoms with E-state index in [1.165, 1.54) is 0 Å². The normalized spacial score (nSPS) is 12.7. The number of benzene rings is 2. The lowest BCUT2D eigenvalue weighted by atomic mass is 10.1. The Morgan fingerprint density at radius 1 is 1.00 bits per heavy atom. The zero-order valence-corrected chi connectivity index (χ0v) is 15.0. The second kappa shape index (κ2) is 9.33. The Balaban J connectivity index is 2.21. The Morgan fingerprint density at radius 3 is 1.88 bits per heavy atom. The molecule has 0 spiro atoms. The van der Waals surface area contributed by atoms with Crippen molar-refractivity contribution in [2.24, 2.45) is 0 Å². The topological polar surface area (TPSA) is 70.4 Å². The molecule has 0 unspecified atom stereocenters. The highest BCUT2D eigenvalue weighted by Crippen LogP contribution is 2.16. The third-order valence-corrected chi connectivity index (χ3v) is 4.34. The van der Waals surface area contributed by atoms with Crippen molar-refractivity contribution in [2.75, 3.05) is 12.9 Å². The molecule has 0 amide bonds. The molecular formula is C19H22N2O3S. The average molecular weight is 358 g/mol. The Bertz CT molecular complexity index is 745. The molecule has 0 fully saturated rings. The zero-order chi connectivity index (χ0) is 18.1. The van der Waals surface area contributed by atoms with Gasteiger partial charge in [-0.05, 0) is 11.1 Å². The summed E-state index contributed by atoms with van der Waals surface area (Å²) in [5.41, 5.74) is 2.20. The molecule has 0 aliphatic carbocycles. The minimum absolute atomic E-state index is 0.0357. The lowest BCUT2D eigenvalue weighted by molar-refractivity contribution is 0.126. The van der Waals surface area contributed by atoms with Gasteiger partial charge in [0.15, 0.2) is 0 Å². The largest absolute Gasteiger partial charge is 0.289 e. The minimum atomic E-state index is -3.55. The molecule has 0 aliphatic heterocycles. The Morgan fingerprint density at radius 2 is 1.48 bits per heavy atom. The van der Waals surface area contributed by atoms with Gasteiger partial charge in [0, 0.05) is 19.1 Å². The van der Waals surface area contributed by atoms with Crippen molar-refractivity contribution in [2.45, 2.75) is 25.6 Å². The third-order valence-electron chi connectivity index (χ3n) is 3.77. The van der Waals surface area contributed by atoms with E-state index in [1.807, 2.05) is 60.7 Å². The predicted molar refractivity (Wildman–Crippen MR) is 96.9 cm³/mol. The fourth-order valence-electron chi connectivity index (χ4n) is 2.55. The Kier molecular flexibility index (Phi) is 7.14. The maximum atomic E-state index is 11.4. The summed E-state index contributed by atoms with van der Waals surface area (Å²) in [4.78, 5) is 2.08. The summed E-state index contributed by atoms with van der Waals surface area (Å²) in [5.74, 6) is 0. The van der Waals surface area contributed by atoms with Crippen molar-refractivity contribution in [3.05, 3.63) is 71.8 Å². The monoisotopic (exact) mass is 358 g/mol. The molecule has 0 aromatic heterocycles. The number of nitriles is 1. The maximum Gasteiger partial charge on any atom is 0.264 e. The van der Waals surface area contributed by atoms with Crippen LogP contribution in [0.15, 0.2) is 60.7 Å². The first kappa shape index (κ1) is 19.1. The van der Waals surface area contributed by atoms with Crippen molar-refractivity contribution in [1.29, 1.82) is 5.26 Å². The standard InChI is InChI=1S/C19H22N2O3S/c1-25(22,23)24-16-19(12-13-20)21(14-17-8-4-2-5-9-17)15-18-10-6-3-7-11-18/h2-11,19H,12,14-16H2,1H3/t19-/m0/s1. The van der Waals surface area contributed by atoms with Gasteiger partial charge in [-0.1, -0.05) is 60.7 Å². The molecule has 0 heterocycles. The fourth-order valence-corrected chi connectivity index (χ4v) is 2.96. The van der Waals surface area contributed by atoms with Gasteiger partial charge in [0.2, 0.25) is 0 Å². The summed E-state index contributed by atoms with van der Waals surface area (Å²) >= 11 is 0. The molecule has 0 saturated heterocycles. The first-order valence-electron chi connectivity index (χ1n) is 8.01. The van der Waals surface area contributed by atoms with E-state index < -0.39 is 10.1 Å². The SMILES string of the molecule is CS(=O)(=O)OC[C@H](CC#N)N(Cc1ccccc1)Cc1ccccc1. The maximum absolute atomic E-state index is 11.4. The van der Waals surface area contributed by atoms with Gasteiger partial charge in [0.05, 0.1) is 25.4 Å². The molecule has 0 radical (unpaired) electrons. The van der Waals surface area contributed by atoms with Crippen LogP contribution in [-0.4, -0.2) is 32.2 Å². The molecule has 0 bridgehead atoms. The van der Waals surface area contributed by atoms with E-state index in [9.17, 15) is 8.42 Å². The molecule has 5 nitrogen and oxygen atoms in total. The minimum Gasteiger partial charge on any atom is -0.289 e. The summed E-state index contributed by atoms with van der Waals surface area (Å²) in [7, 11) is -3.55. The van der Waals surface area contributed by atoms with Crippen LogP contribution in [0.2, 0.25) is 0 Å². The third kappa shape index (κ3) is 7.06. The second-order valence-electron chi connectivity index (χ2n) is 5.88. The average Bonchev–Trinajstić information content (AvgIpc) is 2.59. The summed E-state index contributed by atoms with van der Waals surface area (Å²) in [6, 6.07) is 21.6. The predicted octanol–water partition coefficient (Wildman–Crippen LogP) is 2.95. The van der Waals surface area contributed by atoms with Crippen LogP contribution in [0.25, 0.3) is 0 Å². The highest BCUT2D eigenvalue weighted by molar-refractivity contribution is 7.85. The highest BCUT2D eigenvalue weighted by Gasteiger charge is 2.21. The van der Waals surface area contributed by atoms with E-state index in [0.717, 1.165) is 17.4 Å². The van der Waals surface area contributed by atoms with Crippen molar-refractivity contribution >= 4 is 10.1 Å². The van der Waals surface area contributed by atoms with Crippen LogP contribution in [0.1, 0.15) is 17.5 Å². The zero-order valence-electron chi connectivity index (χ0n) is 14.2. The quantitative estimate of drug-likeness (QED) is 0.645. The lowest BCUT2D eigenvalue weighted by Gasteiger charge is -2.30.